The number of carboxylic acids is 1. The van der Waals surface area contributed by atoms with Gasteiger partial charge in [-0.15, -0.1) is 0 Å². The highest BCUT2D eigenvalue weighted by molar-refractivity contribution is 5.70. The van der Waals surface area contributed by atoms with Crippen molar-refractivity contribution in [3.8, 4) is 0 Å². The molecule has 18 heavy (non-hydrogen) atoms. The summed E-state index contributed by atoms with van der Waals surface area (Å²) in [5.74, 6) is -1.06. The van der Waals surface area contributed by atoms with E-state index < -0.39 is 11.6 Å². The summed E-state index contributed by atoms with van der Waals surface area (Å²) >= 11 is 0. The van der Waals surface area contributed by atoms with Crippen molar-refractivity contribution < 1.29 is 20.1 Å². The maximum Gasteiger partial charge on any atom is 0.306 e. The predicted molar refractivity (Wildman–Crippen MR) is 68.3 cm³/mol. The van der Waals surface area contributed by atoms with E-state index in [0.717, 1.165) is 0 Å². The van der Waals surface area contributed by atoms with Crippen molar-refractivity contribution in [2.45, 2.75) is 45.1 Å². The molecule has 0 atom stereocenters. The predicted octanol–water partition coefficient (Wildman–Crippen LogP) is 0.600. The fourth-order valence-corrected chi connectivity index (χ4v) is 2.27. The molecule has 5 nitrogen and oxygen atoms in total. The smallest absolute Gasteiger partial charge is 0.306 e. The van der Waals surface area contributed by atoms with E-state index in [2.05, 4.69) is 5.32 Å². The minimum atomic E-state index is -0.794. The average Bonchev–Trinajstić information content (AvgIpc) is 2.29. The fraction of sp³-hybridized carbons (Fsp3) is 0.923. The first-order chi connectivity index (χ1) is 8.28. The summed E-state index contributed by atoms with van der Waals surface area (Å²) in [5, 5.41) is 31.5. The standard InChI is InChI=1S/C13H25NO4/c1-12(2,9-15)7-14-8-13(18)5-3-10(4-6-13)11(16)17/h10,14-15,18H,3-9H2,1-2H3,(H,16,17). The second-order valence-corrected chi connectivity index (χ2v) is 6.26. The van der Waals surface area contributed by atoms with Gasteiger partial charge in [0.05, 0.1) is 11.5 Å². The average molecular weight is 259 g/mol. The first-order valence-electron chi connectivity index (χ1n) is 6.55. The minimum Gasteiger partial charge on any atom is -0.481 e. The summed E-state index contributed by atoms with van der Waals surface area (Å²) in [7, 11) is 0. The van der Waals surface area contributed by atoms with Gasteiger partial charge in [0.15, 0.2) is 0 Å². The number of nitrogens with one attached hydrogen (secondary N) is 1. The number of hydrogen-bond donors (Lipinski definition) is 4. The van der Waals surface area contributed by atoms with Crippen molar-refractivity contribution in [1.29, 1.82) is 0 Å². The van der Waals surface area contributed by atoms with Gasteiger partial charge in [0.2, 0.25) is 0 Å². The van der Waals surface area contributed by atoms with Crippen LogP contribution in [0.5, 0.6) is 0 Å². The number of hydrogen-bond acceptors (Lipinski definition) is 4. The molecule has 1 aliphatic carbocycles. The molecule has 0 unspecified atom stereocenters. The molecule has 0 aromatic carbocycles. The summed E-state index contributed by atoms with van der Waals surface area (Å²) in [5.41, 5.74) is -0.994. The van der Waals surface area contributed by atoms with Gasteiger partial charge in [-0.05, 0) is 25.7 Å². The van der Waals surface area contributed by atoms with Crippen LogP contribution in [0.1, 0.15) is 39.5 Å². The van der Waals surface area contributed by atoms with E-state index in [1.54, 1.807) is 0 Å². The molecule has 1 rings (SSSR count). The van der Waals surface area contributed by atoms with Gasteiger partial charge in [-0.2, -0.15) is 0 Å². The lowest BCUT2D eigenvalue weighted by Gasteiger charge is -2.35. The van der Waals surface area contributed by atoms with Gasteiger partial charge in [0.1, 0.15) is 0 Å². The number of carbonyl (C=O) groups is 1. The third-order valence-electron chi connectivity index (χ3n) is 3.75. The number of aliphatic hydroxyl groups excluding tert-OH is 1. The Morgan fingerprint density at radius 1 is 1.39 bits per heavy atom. The number of aliphatic hydroxyl groups is 2. The zero-order valence-electron chi connectivity index (χ0n) is 11.3. The van der Waals surface area contributed by atoms with Gasteiger partial charge in [0.25, 0.3) is 0 Å². The van der Waals surface area contributed by atoms with Gasteiger partial charge >= 0.3 is 5.97 Å². The van der Waals surface area contributed by atoms with Crippen LogP contribution >= 0.6 is 0 Å². The summed E-state index contributed by atoms with van der Waals surface area (Å²) in [6.45, 7) is 5.09. The molecule has 0 bridgehead atoms. The third kappa shape index (κ3) is 4.55. The van der Waals surface area contributed by atoms with Crippen molar-refractivity contribution in [2.75, 3.05) is 19.7 Å². The summed E-state index contributed by atoms with van der Waals surface area (Å²) in [6, 6.07) is 0. The van der Waals surface area contributed by atoms with Crippen molar-refractivity contribution in [3.63, 3.8) is 0 Å². The van der Waals surface area contributed by atoms with E-state index in [1.807, 2.05) is 13.8 Å². The Hall–Kier alpha value is -0.650. The van der Waals surface area contributed by atoms with E-state index >= 15 is 0 Å². The lowest BCUT2D eigenvalue weighted by molar-refractivity contribution is -0.144. The zero-order chi connectivity index (χ0) is 13.8. The molecule has 0 saturated heterocycles. The monoisotopic (exact) mass is 259 g/mol. The van der Waals surface area contributed by atoms with Crippen LogP contribution in [-0.2, 0) is 4.79 Å². The maximum absolute atomic E-state index is 10.8. The quantitative estimate of drug-likeness (QED) is 0.561. The highest BCUT2D eigenvalue weighted by Gasteiger charge is 2.35. The highest BCUT2D eigenvalue weighted by atomic mass is 16.4. The van der Waals surface area contributed by atoms with Crippen LogP contribution in [0.25, 0.3) is 0 Å². The van der Waals surface area contributed by atoms with Gasteiger partial charge in [-0.1, -0.05) is 13.8 Å². The molecule has 0 aliphatic heterocycles. The van der Waals surface area contributed by atoms with E-state index in [9.17, 15) is 9.90 Å². The molecule has 0 aromatic heterocycles. The normalized spacial score (nSPS) is 29.2. The van der Waals surface area contributed by atoms with E-state index in [4.69, 9.17) is 10.2 Å². The Balaban J connectivity index is 2.33. The summed E-state index contributed by atoms with van der Waals surface area (Å²) in [6.07, 6.45) is 2.13. The molecular formula is C13H25NO4. The number of rotatable bonds is 6. The molecule has 4 N–H and O–H groups in total. The molecule has 106 valence electrons. The van der Waals surface area contributed by atoms with Crippen LogP contribution in [0.2, 0.25) is 0 Å². The fourth-order valence-electron chi connectivity index (χ4n) is 2.27. The second-order valence-electron chi connectivity index (χ2n) is 6.26. The Morgan fingerprint density at radius 3 is 2.39 bits per heavy atom. The Bertz CT molecular complexity index is 283. The van der Waals surface area contributed by atoms with Crippen LogP contribution in [-0.4, -0.2) is 46.6 Å². The largest absolute Gasteiger partial charge is 0.481 e. The number of carboxylic acid groups (broad SMARTS) is 1. The first-order valence-corrected chi connectivity index (χ1v) is 6.55. The molecule has 0 heterocycles. The Kier molecular flexibility index (Phi) is 5.13. The third-order valence-corrected chi connectivity index (χ3v) is 3.75. The van der Waals surface area contributed by atoms with Crippen LogP contribution in [0.3, 0.4) is 0 Å². The number of aliphatic carboxylic acids is 1. The molecule has 0 radical (unpaired) electrons. The lowest BCUT2D eigenvalue weighted by Crippen LogP contribution is -2.46. The van der Waals surface area contributed by atoms with E-state index in [0.29, 0.717) is 38.8 Å². The second kappa shape index (κ2) is 5.99. The van der Waals surface area contributed by atoms with Gasteiger partial charge in [-0.25, -0.2) is 0 Å². The Morgan fingerprint density at radius 2 is 1.94 bits per heavy atom. The van der Waals surface area contributed by atoms with Crippen molar-refractivity contribution in [2.24, 2.45) is 11.3 Å². The molecule has 5 heteroatoms. The zero-order valence-corrected chi connectivity index (χ0v) is 11.3. The molecule has 0 aromatic rings. The molecule has 0 spiro atoms. The van der Waals surface area contributed by atoms with Crippen LogP contribution in [0, 0.1) is 11.3 Å². The van der Waals surface area contributed by atoms with Crippen molar-refractivity contribution >= 4 is 5.97 Å². The minimum absolute atomic E-state index is 0.0967. The molecule has 0 amide bonds. The maximum atomic E-state index is 10.8. The van der Waals surface area contributed by atoms with E-state index in [-0.39, 0.29) is 17.9 Å². The topological polar surface area (TPSA) is 89.8 Å². The van der Waals surface area contributed by atoms with Gasteiger partial charge < -0.3 is 20.6 Å². The molecular weight excluding hydrogens is 234 g/mol. The van der Waals surface area contributed by atoms with Crippen molar-refractivity contribution in [1.82, 2.24) is 5.32 Å². The van der Waals surface area contributed by atoms with Crippen LogP contribution in [0.4, 0.5) is 0 Å². The van der Waals surface area contributed by atoms with Crippen LogP contribution < -0.4 is 5.32 Å². The van der Waals surface area contributed by atoms with E-state index in [1.165, 1.54) is 0 Å². The first kappa shape index (κ1) is 15.4. The van der Waals surface area contributed by atoms with Gasteiger partial charge in [-0.3, -0.25) is 4.79 Å². The van der Waals surface area contributed by atoms with Crippen molar-refractivity contribution in [3.05, 3.63) is 0 Å². The Labute approximate surface area is 108 Å². The highest BCUT2D eigenvalue weighted by Crippen LogP contribution is 2.31. The lowest BCUT2D eigenvalue weighted by atomic mass is 9.78. The SMILES string of the molecule is CC(C)(CO)CNCC1(O)CCC(C(=O)O)CC1. The van der Waals surface area contributed by atoms with Crippen LogP contribution in [0.15, 0.2) is 0 Å². The molecule has 1 fully saturated rings. The molecule has 1 aliphatic rings. The summed E-state index contributed by atoms with van der Waals surface area (Å²) in [4.78, 5) is 10.8. The summed E-state index contributed by atoms with van der Waals surface area (Å²) < 4.78 is 0. The van der Waals surface area contributed by atoms with Gasteiger partial charge in [0, 0.05) is 25.1 Å². The molecule has 1 saturated carbocycles.